The number of hydrogen-bond acceptors (Lipinski definition) is 4. The molecule has 1 amide bonds. The van der Waals surface area contributed by atoms with Crippen molar-refractivity contribution in [2.45, 2.75) is 52.2 Å². The molecule has 21 heavy (non-hydrogen) atoms. The summed E-state index contributed by atoms with van der Waals surface area (Å²) in [5, 5.41) is 6.23. The van der Waals surface area contributed by atoms with Crippen molar-refractivity contribution in [2.75, 3.05) is 39.8 Å². The first kappa shape index (κ1) is 18.4. The lowest BCUT2D eigenvalue weighted by Crippen LogP contribution is -2.50. The third-order valence-corrected chi connectivity index (χ3v) is 3.85. The highest BCUT2D eigenvalue weighted by molar-refractivity contribution is 5.78. The Labute approximate surface area is 129 Å². The van der Waals surface area contributed by atoms with E-state index in [0.717, 1.165) is 32.0 Å². The Balaban J connectivity index is 2.20. The van der Waals surface area contributed by atoms with Crippen LogP contribution in [0.5, 0.6) is 0 Å². The highest BCUT2D eigenvalue weighted by atomic mass is 16.5. The third kappa shape index (κ3) is 8.39. The number of likely N-dealkylation sites (N-methyl/N-ethyl adjacent to an activating group) is 1. The standard InChI is InChI=1S/C16H33N3O2/c1-13(2)6-5-7-14(3)18-16(20)12-19-8-9-21-15(11-19)10-17-4/h13-15,17H,5-12H2,1-4H3,(H,18,20). The van der Waals surface area contributed by atoms with Crippen molar-refractivity contribution in [2.24, 2.45) is 5.92 Å². The molecule has 2 N–H and O–H groups in total. The fourth-order valence-corrected chi connectivity index (χ4v) is 2.70. The molecule has 1 rings (SSSR count). The fourth-order valence-electron chi connectivity index (χ4n) is 2.70. The molecule has 0 aromatic rings. The van der Waals surface area contributed by atoms with Gasteiger partial charge in [0.05, 0.1) is 19.3 Å². The minimum atomic E-state index is 0.136. The second-order valence-electron chi connectivity index (χ2n) is 6.58. The number of amides is 1. The van der Waals surface area contributed by atoms with E-state index in [4.69, 9.17) is 4.74 Å². The molecule has 0 saturated carbocycles. The van der Waals surface area contributed by atoms with Crippen molar-refractivity contribution in [1.82, 2.24) is 15.5 Å². The molecule has 0 aliphatic carbocycles. The van der Waals surface area contributed by atoms with Gasteiger partial charge in [-0.15, -0.1) is 0 Å². The lowest BCUT2D eigenvalue weighted by Gasteiger charge is -2.32. The molecule has 1 fully saturated rings. The van der Waals surface area contributed by atoms with Crippen LogP contribution in [0.4, 0.5) is 0 Å². The monoisotopic (exact) mass is 299 g/mol. The summed E-state index contributed by atoms with van der Waals surface area (Å²) >= 11 is 0. The predicted octanol–water partition coefficient (Wildman–Crippen LogP) is 1.24. The zero-order valence-corrected chi connectivity index (χ0v) is 14.2. The van der Waals surface area contributed by atoms with Gasteiger partial charge in [-0.1, -0.05) is 26.7 Å². The second-order valence-corrected chi connectivity index (χ2v) is 6.58. The van der Waals surface area contributed by atoms with Gasteiger partial charge in [0, 0.05) is 25.7 Å². The van der Waals surface area contributed by atoms with Crippen LogP contribution in [0.15, 0.2) is 0 Å². The average molecular weight is 299 g/mol. The van der Waals surface area contributed by atoms with Crippen LogP contribution >= 0.6 is 0 Å². The van der Waals surface area contributed by atoms with Gasteiger partial charge in [-0.25, -0.2) is 0 Å². The van der Waals surface area contributed by atoms with Crippen LogP contribution in [0.25, 0.3) is 0 Å². The largest absolute Gasteiger partial charge is 0.374 e. The summed E-state index contributed by atoms with van der Waals surface area (Å²) in [7, 11) is 1.92. The highest BCUT2D eigenvalue weighted by Gasteiger charge is 2.21. The first-order chi connectivity index (χ1) is 10.0. The third-order valence-electron chi connectivity index (χ3n) is 3.85. The molecule has 0 bridgehead atoms. The quantitative estimate of drug-likeness (QED) is 0.672. The summed E-state index contributed by atoms with van der Waals surface area (Å²) in [6.07, 6.45) is 3.67. The Morgan fingerprint density at radius 3 is 2.76 bits per heavy atom. The summed E-state index contributed by atoms with van der Waals surface area (Å²) < 4.78 is 5.65. The summed E-state index contributed by atoms with van der Waals surface area (Å²) in [6.45, 7) is 10.3. The van der Waals surface area contributed by atoms with Crippen LogP contribution in [0, 0.1) is 5.92 Å². The Kier molecular flexibility index (Phi) is 8.88. The predicted molar refractivity (Wildman–Crippen MR) is 86.4 cm³/mol. The van der Waals surface area contributed by atoms with Gasteiger partial charge in [-0.2, -0.15) is 0 Å². The zero-order chi connectivity index (χ0) is 15.7. The number of carbonyl (C=O) groups is 1. The van der Waals surface area contributed by atoms with E-state index in [9.17, 15) is 4.79 Å². The van der Waals surface area contributed by atoms with Gasteiger partial charge in [-0.05, 0) is 26.3 Å². The molecule has 0 aromatic heterocycles. The van der Waals surface area contributed by atoms with E-state index in [1.807, 2.05) is 7.05 Å². The topological polar surface area (TPSA) is 53.6 Å². The van der Waals surface area contributed by atoms with Crippen molar-refractivity contribution in [3.63, 3.8) is 0 Å². The molecule has 5 nitrogen and oxygen atoms in total. The smallest absolute Gasteiger partial charge is 0.234 e. The number of hydrogen-bond donors (Lipinski definition) is 2. The van der Waals surface area contributed by atoms with Crippen LogP contribution in [0.2, 0.25) is 0 Å². The normalized spacial score (nSPS) is 21.5. The zero-order valence-electron chi connectivity index (χ0n) is 14.2. The van der Waals surface area contributed by atoms with Gasteiger partial charge in [0.1, 0.15) is 0 Å². The Bertz CT molecular complexity index is 295. The maximum absolute atomic E-state index is 12.1. The molecule has 1 aliphatic rings. The SMILES string of the molecule is CNCC1CN(CC(=O)NC(C)CCCC(C)C)CCO1. The maximum Gasteiger partial charge on any atom is 0.234 e. The van der Waals surface area contributed by atoms with Crippen LogP contribution < -0.4 is 10.6 Å². The van der Waals surface area contributed by atoms with Crippen LogP contribution in [-0.4, -0.2) is 62.8 Å². The van der Waals surface area contributed by atoms with Crippen LogP contribution in [0.3, 0.4) is 0 Å². The first-order valence-corrected chi connectivity index (χ1v) is 8.29. The molecule has 0 aromatic carbocycles. The van der Waals surface area contributed by atoms with E-state index < -0.39 is 0 Å². The van der Waals surface area contributed by atoms with Crippen molar-refractivity contribution in [1.29, 1.82) is 0 Å². The summed E-state index contributed by atoms with van der Waals surface area (Å²) in [5.41, 5.74) is 0. The Hall–Kier alpha value is -0.650. The molecule has 1 heterocycles. The molecule has 0 radical (unpaired) electrons. The van der Waals surface area contributed by atoms with Crippen molar-refractivity contribution < 1.29 is 9.53 Å². The van der Waals surface area contributed by atoms with E-state index in [1.165, 1.54) is 12.8 Å². The molecule has 5 heteroatoms. The van der Waals surface area contributed by atoms with E-state index >= 15 is 0 Å². The summed E-state index contributed by atoms with van der Waals surface area (Å²) in [6, 6.07) is 0.269. The van der Waals surface area contributed by atoms with Gasteiger partial charge >= 0.3 is 0 Å². The van der Waals surface area contributed by atoms with Crippen LogP contribution in [0.1, 0.15) is 40.0 Å². The number of morpholine rings is 1. The van der Waals surface area contributed by atoms with Crippen molar-refractivity contribution >= 4 is 5.91 Å². The molecule has 0 spiro atoms. The molecule has 1 aliphatic heterocycles. The van der Waals surface area contributed by atoms with Crippen molar-refractivity contribution in [3.05, 3.63) is 0 Å². The molecular weight excluding hydrogens is 266 g/mol. The van der Waals surface area contributed by atoms with Crippen LogP contribution in [-0.2, 0) is 9.53 Å². The minimum absolute atomic E-state index is 0.136. The number of nitrogens with one attached hydrogen (secondary N) is 2. The maximum atomic E-state index is 12.1. The summed E-state index contributed by atoms with van der Waals surface area (Å²) in [5.74, 6) is 0.877. The molecular formula is C16H33N3O2. The van der Waals surface area contributed by atoms with Gasteiger partial charge < -0.3 is 15.4 Å². The molecule has 1 saturated heterocycles. The number of ether oxygens (including phenoxy) is 1. The van der Waals surface area contributed by atoms with Gasteiger partial charge in [-0.3, -0.25) is 9.69 Å². The van der Waals surface area contributed by atoms with E-state index in [-0.39, 0.29) is 18.1 Å². The fraction of sp³-hybridized carbons (Fsp3) is 0.938. The number of nitrogens with zero attached hydrogens (tertiary/aromatic N) is 1. The second kappa shape index (κ2) is 10.1. The van der Waals surface area contributed by atoms with Gasteiger partial charge in [0.2, 0.25) is 5.91 Å². The van der Waals surface area contributed by atoms with Crippen molar-refractivity contribution in [3.8, 4) is 0 Å². The Morgan fingerprint density at radius 1 is 1.33 bits per heavy atom. The number of rotatable bonds is 9. The van der Waals surface area contributed by atoms with Gasteiger partial charge in [0.15, 0.2) is 0 Å². The molecule has 2 atom stereocenters. The minimum Gasteiger partial charge on any atom is -0.374 e. The highest BCUT2D eigenvalue weighted by Crippen LogP contribution is 2.08. The van der Waals surface area contributed by atoms with E-state index in [0.29, 0.717) is 13.2 Å². The van der Waals surface area contributed by atoms with E-state index in [2.05, 4.69) is 36.3 Å². The molecule has 2 unspecified atom stereocenters. The molecule has 124 valence electrons. The lowest BCUT2D eigenvalue weighted by atomic mass is 10.0. The Morgan fingerprint density at radius 2 is 2.10 bits per heavy atom. The van der Waals surface area contributed by atoms with Gasteiger partial charge in [0.25, 0.3) is 0 Å². The van der Waals surface area contributed by atoms with E-state index in [1.54, 1.807) is 0 Å². The average Bonchev–Trinajstić information content (AvgIpc) is 2.38. The number of carbonyl (C=O) groups excluding carboxylic acids is 1. The lowest BCUT2D eigenvalue weighted by molar-refractivity contribution is -0.124. The summed E-state index contributed by atoms with van der Waals surface area (Å²) in [4.78, 5) is 14.3. The first-order valence-electron chi connectivity index (χ1n) is 8.29.